The van der Waals surface area contributed by atoms with Crippen molar-refractivity contribution in [2.75, 3.05) is 18.6 Å². The van der Waals surface area contributed by atoms with E-state index in [-0.39, 0.29) is 5.91 Å². The Hall–Kier alpha value is -0.220. The van der Waals surface area contributed by atoms with Gasteiger partial charge >= 0.3 is 0 Å². The van der Waals surface area contributed by atoms with E-state index in [2.05, 4.69) is 23.8 Å². The number of hydrogen-bond acceptors (Lipinski definition) is 3. The SMILES string of the molecule is CSCC(C)CNC(=O)CC1CC2CCC(C1)N2. The molecule has 2 saturated heterocycles. The lowest BCUT2D eigenvalue weighted by atomic mass is 9.89. The summed E-state index contributed by atoms with van der Waals surface area (Å²) >= 11 is 1.85. The van der Waals surface area contributed by atoms with E-state index in [1.54, 1.807) is 0 Å². The largest absolute Gasteiger partial charge is 0.356 e. The van der Waals surface area contributed by atoms with Gasteiger partial charge in [-0.25, -0.2) is 0 Å². The van der Waals surface area contributed by atoms with Crippen LogP contribution < -0.4 is 10.6 Å². The molecule has 3 atom stereocenters. The van der Waals surface area contributed by atoms with Gasteiger partial charge in [0.1, 0.15) is 0 Å². The fourth-order valence-electron chi connectivity index (χ4n) is 3.31. The highest BCUT2D eigenvalue weighted by atomic mass is 32.2. The molecule has 3 unspecified atom stereocenters. The molecule has 0 aromatic rings. The maximum atomic E-state index is 11.9. The molecule has 0 saturated carbocycles. The normalized spacial score (nSPS) is 32.2. The fourth-order valence-corrected chi connectivity index (χ4v) is 3.99. The monoisotopic (exact) mass is 270 g/mol. The second-order valence-electron chi connectivity index (χ2n) is 6.04. The standard InChI is InChI=1S/C14H26N2OS/c1-10(9-18-2)8-15-14(17)7-11-5-12-3-4-13(6-11)16-12/h10-13,16H,3-9H2,1-2H3,(H,15,17). The molecule has 3 nitrogen and oxygen atoms in total. The van der Waals surface area contributed by atoms with Gasteiger partial charge in [-0.1, -0.05) is 6.92 Å². The van der Waals surface area contributed by atoms with Crippen LogP contribution in [0.25, 0.3) is 0 Å². The van der Waals surface area contributed by atoms with Gasteiger partial charge in [0.25, 0.3) is 0 Å². The van der Waals surface area contributed by atoms with E-state index in [4.69, 9.17) is 0 Å². The third-order valence-electron chi connectivity index (χ3n) is 4.14. The molecule has 18 heavy (non-hydrogen) atoms. The first-order chi connectivity index (χ1) is 8.67. The maximum absolute atomic E-state index is 11.9. The summed E-state index contributed by atoms with van der Waals surface area (Å²) in [7, 11) is 0. The molecule has 1 amide bonds. The first kappa shape index (κ1) is 14.2. The van der Waals surface area contributed by atoms with Gasteiger partial charge in [-0.05, 0) is 49.5 Å². The summed E-state index contributed by atoms with van der Waals surface area (Å²) in [6, 6.07) is 1.38. The molecule has 2 aliphatic rings. The molecule has 2 fully saturated rings. The Morgan fingerprint density at radius 1 is 1.39 bits per heavy atom. The summed E-state index contributed by atoms with van der Waals surface area (Å²) in [5.74, 6) is 2.57. The number of carbonyl (C=O) groups is 1. The summed E-state index contributed by atoms with van der Waals surface area (Å²) in [5.41, 5.74) is 0. The molecule has 0 aromatic carbocycles. The molecule has 0 radical (unpaired) electrons. The van der Waals surface area contributed by atoms with Gasteiger partial charge in [-0.3, -0.25) is 4.79 Å². The fraction of sp³-hybridized carbons (Fsp3) is 0.929. The minimum atomic E-state index is 0.259. The number of thioether (sulfide) groups is 1. The summed E-state index contributed by atoms with van der Waals surface area (Å²) in [6.45, 7) is 3.03. The summed E-state index contributed by atoms with van der Waals surface area (Å²) in [5, 5.41) is 6.72. The van der Waals surface area contributed by atoms with Gasteiger partial charge in [0.2, 0.25) is 5.91 Å². The zero-order valence-electron chi connectivity index (χ0n) is 11.6. The van der Waals surface area contributed by atoms with Crippen molar-refractivity contribution in [3.05, 3.63) is 0 Å². The molecular weight excluding hydrogens is 244 g/mol. The number of fused-ring (bicyclic) bond motifs is 2. The zero-order valence-corrected chi connectivity index (χ0v) is 12.4. The Kier molecular flexibility index (Phi) is 5.37. The quantitative estimate of drug-likeness (QED) is 0.776. The van der Waals surface area contributed by atoms with Crippen LogP contribution in [-0.4, -0.2) is 36.5 Å². The first-order valence-corrected chi connectivity index (χ1v) is 8.58. The van der Waals surface area contributed by atoms with E-state index in [1.807, 2.05) is 11.8 Å². The number of hydrogen-bond donors (Lipinski definition) is 2. The van der Waals surface area contributed by atoms with Gasteiger partial charge in [0.05, 0.1) is 0 Å². The molecular formula is C14H26N2OS. The van der Waals surface area contributed by atoms with Crippen LogP contribution >= 0.6 is 11.8 Å². The molecule has 2 heterocycles. The van der Waals surface area contributed by atoms with Gasteiger partial charge in [0.15, 0.2) is 0 Å². The van der Waals surface area contributed by atoms with Crippen molar-refractivity contribution < 1.29 is 4.79 Å². The van der Waals surface area contributed by atoms with Crippen LogP contribution in [0.5, 0.6) is 0 Å². The van der Waals surface area contributed by atoms with Crippen molar-refractivity contribution in [2.24, 2.45) is 11.8 Å². The summed E-state index contributed by atoms with van der Waals surface area (Å²) in [6.07, 6.45) is 7.87. The van der Waals surface area contributed by atoms with E-state index in [1.165, 1.54) is 25.7 Å². The van der Waals surface area contributed by atoms with Crippen molar-refractivity contribution in [2.45, 2.75) is 51.1 Å². The van der Waals surface area contributed by atoms with Gasteiger partial charge in [-0.2, -0.15) is 11.8 Å². The average molecular weight is 270 g/mol. The first-order valence-electron chi connectivity index (χ1n) is 7.19. The predicted octanol–water partition coefficient (Wildman–Crippen LogP) is 2.02. The van der Waals surface area contributed by atoms with Crippen molar-refractivity contribution in [3.63, 3.8) is 0 Å². The molecule has 0 spiro atoms. The number of amides is 1. The number of rotatable bonds is 6. The van der Waals surface area contributed by atoms with E-state index in [9.17, 15) is 4.79 Å². The third kappa shape index (κ3) is 4.16. The third-order valence-corrected chi connectivity index (χ3v) is 5.05. The van der Waals surface area contributed by atoms with Crippen LogP contribution in [0, 0.1) is 11.8 Å². The van der Waals surface area contributed by atoms with E-state index in [0.717, 1.165) is 18.7 Å². The van der Waals surface area contributed by atoms with Crippen LogP contribution in [0.1, 0.15) is 39.0 Å². The number of carbonyl (C=O) groups excluding carboxylic acids is 1. The summed E-state index contributed by atoms with van der Waals surface area (Å²) in [4.78, 5) is 11.9. The highest BCUT2D eigenvalue weighted by Crippen LogP contribution is 2.32. The van der Waals surface area contributed by atoms with Gasteiger partial charge < -0.3 is 10.6 Å². The van der Waals surface area contributed by atoms with Crippen molar-refractivity contribution in [1.82, 2.24) is 10.6 Å². The molecule has 2 N–H and O–H groups in total. The molecule has 0 aromatic heterocycles. The predicted molar refractivity (Wildman–Crippen MR) is 77.8 cm³/mol. The molecule has 2 bridgehead atoms. The highest BCUT2D eigenvalue weighted by Gasteiger charge is 2.34. The molecule has 0 aliphatic carbocycles. The molecule has 104 valence electrons. The Bertz CT molecular complexity index is 273. The number of nitrogens with one attached hydrogen (secondary N) is 2. The van der Waals surface area contributed by atoms with Crippen LogP contribution in [0.3, 0.4) is 0 Å². The average Bonchev–Trinajstić information content (AvgIpc) is 2.67. The molecule has 2 rings (SSSR count). The van der Waals surface area contributed by atoms with Crippen LogP contribution in [0.15, 0.2) is 0 Å². The van der Waals surface area contributed by atoms with Crippen LogP contribution in [-0.2, 0) is 4.79 Å². The molecule has 2 aliphatic heterocycles. The Balaban J connectivity index is 1.65. The van der Waals surface area contributed by atoms with Gasteiger partial charge in [0, 0.05) is 25.0 Å². The topological polar surface area (TPSA) is 41.1 Å². The van der Waals surface area contributed by atoms with Crippen LogP contribution in [0.2, 0.25) is 0 Å². The maximum Gasteiger partial charge on any atom is 0.220 e. The van der Waals surface area contributed by atoms with Crippen molar-refractivity contribution in [3.8, 4) is 0 Å². The Labute approximate surface area is 115 Å². The lowest BCUT2D eigenvalue weighted by molar-refractivity contribution is -0.122. The lowest BCUT2D eigenvalue weighted by Gasteiger charge is -2.28. The second-order valence-corrected chi connectivity index (χ2v) is 6.95. The minimum Gasteiger partial charge on any atom is -0.356 e. The van der Waals surface area contributed by atoms with E-state index in [0.29, 0.717) is 23.9 Å². The Morgan fingerprint density at radius 3 is 2.67 bits per heavy atom. The second kappa shape index (κ2) is 6.80. The Morgan fingerprint density at radius 2 is 2.06 bits per heavy atom. The van der Waals surface area contributed by atoms with Crippen molar-refractivity contribution >= 4 is 17.7 Å². The molecule has 4 heteroatoms. The van der Waals surface area contributed by atoms with E-state index < -0.39 is 0 Å². The highest BCUT2D eigenvalue weighted by molar-refractivity contribution is 7.98. The zero-order chi connectivity index (χ0) is 13.0. The van der Waals surface area contributed by atoms with Crippen LogP contribution in [0.4, 0.5) is 0 Å². The minimum absolute atomic E-state index is 0.259. The van der Waals surface area contributed by atoms with Gasteiger partial charge in [-0.15, -0.1) is 0 Å². The summed E-state index contributed by atoms with van der Waals surface area (Å²) < 4.78 is 0. The number of piperidine rings is 1. The smallest absolute Gasteiger partial charge is 0.220 e. The van der Waals surface area contributed by atoms with E-state index >= 15 is 0 Å². The van der Waals surface area contributed by atoms with Crippen molar-refractivity contribution in [1.29, 1.82) is 0 Å². The lowest BCUT2D eigenvalue weighted by Crippen LogP contribution is -2.40.